The summed E-state index contributed by atoms with van der Waals surface area (Å²) in [6.45, 7) is 2.51. The predicted molar refractivity (Wildman–Crippen MR) is 114 cm³/mol. The minimum Gasteiger partial charge on any atom is -0.496 e. The zero-order chi connectivity index (χ0) is 22.0. The number of benzene rings is 1. The van der Waals surface area contributed by atoms with Gasteiger partial charge in [0.2, 0.25) is 0 Å². The molecule has 0 aliphatic carbocycles. The summed E-state index contributed by atoms with van der Waals surface area (Å²) in [5.41, 5.74) is 5.13. The fraction of sp³-hybridized carbons (Fsp3) is 0.316. The van der Waals surface area contributed by atoms with Crippen molar-refractivity contribution >= 4 is 23.4 Å². The molecule has 0 saturated heterocycles. The second-order valence-electron chi connectivity index (χ2n) is 6.43. The number of methoxy groups -OCH3 is 1. The van der Waals surface area contributed by atoms with E-state index in [9.17, 15) is 14.4 Å². The Labute approximate surface area is 176 Å². The molecule has 0 spiro atoms. The highest BCUT2D eigenvalue weighted by Gasteiger charge is 2.22. The van der Waals surface area contributed by atoms with Gasteiger partial charge in [-0.1, -0.05) is 23.9 Å². The molecule has 0 unspecified atom stereocenters. The van der Waals surface area contributed by atoms with Crippen molar-refractivity contribution in [3.63, 3.8) is 0 Å². The van der Waals surface area contributed by atoms with E-state index in [-0.39, 0.29) is 17.1 Å². The van der Waals surface area contributed by atoms with Gasteiger partial charge < -0.3 is 15.0 Å². The first-order valence-electron chi connectivity index (χ1n) is 9.09. The number of carbonyl (C=O) groups is 1. The van der Waals surface area contributed by atoms with E-state index in [0.717, 1.165) is 26.5 Å². The molecule has 158 valence electrons. The molecule has 0 saturated carbocycles. The number of anilines is 1. The van der Waals surface area contributed by atoms with E-state index in [1.54, 1.807) is 7.11 Å². The lowest BCUT2D eigenvalue weighted by molar-refractivity contribution is 0.102. The number of aromatic nitrogens is 5. The summed E-state index contributed by atoms with van der Waals surface area (Å²) in [4.78, 5) is 37.1. The Morgan fingerprint density at radius 3 is 2.53 bits per heavy atom. The number of nitrogen functional groups attached to an aromatic ring is 1. The molecule has 0 bridgehead atoms. The molecule has 2 heterocycles. The minimum absolute atomic E-state index is 0.0816. The predicted octanol–water partition coefficient (Wildman–Crippen LogP) is 0.928. The van der Waals surface area contributed by atoms with Crippen molar-refractivity contribution in [2.24, 2.45) is 14.1 Å². The number of rotatable bonds is 7. The van der Waals surface area contributed by atoms with Crippen LogP contribution >= 0.6 is 11.8 Å². The van der Waals surface area contributed by atoms with Crippen LogP contribution in [0.1, 0.15) is 17.3 Å². The SMILES string of the molecule is CCn1c(SCC(=O)c2c(N)n(C)c(=O)n(C)c2=O)nnc1-c1ccccc1OC. The van der Waals surface area contributed by atoms with E-state index in [1.807, 2.05) is 35.8 Å². The summed E-state index contributed by atoms with van der Waals surface area (Å²) in [6, 6.07) is 7.45. The van der Waals surface area contributed by atoms with E-state index < -0.39 is 17.0 Å². The summed E-state index contributed by atoms with van der Waals surface area (Å²) in [5, 5.41) is 8.97. The van der Waals surface area contributed by atoms with Gasteiger partial charge in [0.15, 0.2) is 16.8 Å². The molecule has 30 heavy (non-hydrogen) atoms. The third-order valence-electron chi connectivity index (χ3n) is 4.70. The highest BCUT2D eigenvalue weighted by Crippen LogP contribution is 2.31. The van der Waals surface area contributed by atoms with Crippen molar-refractivity contribution < 1.29 is 9.53 Å². The lowest BCUT2D eigenvalue weighted by Crippen LogP contribution is -2.41. The quantitative estimate of drug-likeness (QED) is 0.433. The first-order chi connectivity index (χ1) is 14.3. The van der Waals surface area contributed by atoms with Crippen molar-refractivity contribution in [3.05, 3.63) is 50.7 Å². The van der Waals surface area contributed by atoms with E-state index in [1.165, 1.54) is 14.1 Å². The number of carbonyl (C=O) groups excluding carboxylic acids is 1. The van der Waals surface area contributed by atoms with Crippen LogP contribution in [0.3, 0.4) is 0 Å². The standard InChI is InChI=1S/C19H22N6O4S/c1-5-25-16(11-8-6-7-9-13(11)29-4)21-22-18(25)30-10-12(26)14-15(20)23(2)19(28)24(3)17(14)27/h6-9H,5,10,20H2,1-4H3. The van der Waals surface area contributed by atoms with E-state index in [4.69, 9.17) is 10.5 Å². The van der Waals surface area contributed by atoms with E-state index >= 15 is 0 Å². The van der Waals surface area contributed by atoms with Crippen LogP contribution in [0.15, 0.2) is 39.0 Å². The molecule has 2 N–H and O–H groups in total. The summed E-state index contributed by atoms with van der Waals surface area (Å²) in [6.07, 6.45) is 0. The van der Waals surface area contributed by atoms with Gasteiger partial charge in [0.1, 0.15) is 17.1 Å². The molecule has 0 aliphatic rings. The number of para-hydroxylation sites is 1. The van der Waals surface area contributed by atoms with Crippen LogP contribution in [-0.4, -0.2) is 42.5 Å². The van der Waals surface area contributed by atoms with Gasteiger partial charge in [-0.25, -0.2) is 4.79 Å². The van der Waals surface area contributed by atoms with Gasteiger partial charge in [-0.05, 0) is 19.1 Å². The topological polar surface area (TPSA) is 127 Å². The van der Waals surface area contributed by atoms with Crippen molar-refractivity contribution in [2.75, 3.05) is 18.6 Å². The second kappa shape index (κ2) is 8.57. The Hall–Kier alpha value is -3.34. The number of ether oxygens (including phenoxy) is 1. The van der Waals surface area contributed by atoms with Gasteiger partial charge in [-0.15, -0.1) is 10.2 Å². The largest absolute Gasteiger partial charge is 0.496 e. The van der Waals surface area contributed by atoms with Crippen LogP contribution in [0.2, 0.25) is 0 Å². The molecule has 3 aromatic rings. The summed E-state index contributed by atoms with van der Waals surface area (Å²) in [7, 11) is 4.30. The fourth-order valence-corrected chi connectivity index (χ4v) is 3.91. The maximum atomic E-state index is 12.7. The number of hydrogen-bond acceptors (Lipinski definition) is 8. The Bertz CT molecular complexity index is 1230. The molecule has 1 aromatic carbocycles. The van der Waals surface area contributed by atoms with Gasteiger partial charge in [-0.2, -0.15) is 0 Å². The van der Waals surface area contributed by atoms with Crippen LogP contribution in [0.5, 0.6) is 5.75 Å². The summed E-state index contributed by atoms with van der Waals surface area (Å²) in [5.74, 6) is 0.552. The molecule has 0 fully saturated rings. The highest BCUT2D eigenvalue weighted by molar-refractivity contribution is 7.99. The third kappa shape index (κ3) is 3.63. The van der Waals surface area contributed by atoms with Crippen LogP contribution in [0.25, 0.3) is 11.4 Å². The van der Waals surface area contributed by atoms with E-state index in [0.29, 0.717) is 23.3 Å². The Morgan fingerprint density at radius 2 is 1.87 bits per heavy atom. The lowest BCUT2D eigenvalue weighted by Gasteiger charge is -2.11. The summed E-state index contributed by atoms with van der Waals surface area (Å²) < 4.78 is 9.20. The normalized spacial score (nSPS) is 10.9. The first kappa shape index (κ1) is 21.4. The first-order valence-corrected chi connectivity index (χ1v) is 10.1. The van der Waals surface area contributed by atoms with Crippen LogP contribution in [0, 0.1) is 0 Å². The Kier molecular flexibility index (Phi) is 6.11. The van der Waals surface area contributed by atoms with Crippen LogP contribution < -0.4 is 21.7 Å². The van der Waals surface area contributed by atoms with Crippen molar-refractivity contribution in [2.45, 2.75) is 18.6 Å². The van der Waals surface area contributed by atoms with Crippen molar-refractivity contribution in [1.29, 1.82) is 0 Å². The molecule has 0 radical (unpaired) electrons. The van der Waals surface area contributed by atoms with Gasteiger partial charge >= 0.3 is 5.69 Å². The van der Waals surface area contributed by atoms with Crippen LogP contribution in [0.4, 0.5) is 5.82 Å². The van der Waals surface area contributed by atoms with Gasteiger partial charge in [0.05, 0.1) is 18.4 Å². The zero-order valence-corrected chi connectivity index (χ0v) is 17.9. The Morgan fingerprint density at radius 1 is 1.17 bits per heavy atom. The number of hydrogen-bond donors (Lipinski definition) is 1. The third-order valence-corrected chi connectivity index (χ3v) is 5.67. The van der Waals surface area contributed by atoms with Crippen molar-refractivity contribution in [3.8, 4) is 17.1 Å². The molecule has 11 heteroatoms. The maximum Gasteiger partial charge on any atom is 0.332 e. The molecule has 3 rings (SSSR count). The number of Topliss-reactive ketones (excluding diaryl/α,β-unsaturated/α-hetero) is 1. The Balaban J connectivity index is 1.91. The summed E-state index contributed by atoms with van der Waals surface area (Å²) >= 11 is 1.14. The molecular formula is C19H22N6O4S. The van der Waals surface area contributed by atoms with Gasteiger partial charge in [0, 0.05) is 20.6 Å². The monoisotopic (exact) mass is 430 g/mol. The average Bonchev–Trinajstić information content (AvgIpc) is 3.17. The molecular weight excluding hydrogens is 408 g/mol. The lowest BCUT2D eigenvalue weighted by atomic mass is 10.2. The van der Waals surface area contributed by atoms with Gasteiger partial charge in [0.25, 0.3) is 5.56 Å². The molecule has 0 aliphatic heterocycles. The number of nitrogens with two attached hydrogens (primary N) is 1. The number of nitrogens with zero attached hydrogens (tertiary/aromatic N) is 5. The van der Waals surface area contributed by atoms with Gasteiger partial charge in [-0.3, -0.25) is 18.7 Å². The maximum absolute atomic E-state index is 12.7. The molecule has 0 atom stereocenters. The number of thioether (sulfide) groups is 1. The van der Waals surface area contributed by atoms with E-state index in [2.05, 4.69) is 10.2 Å². The molecule has 10 nitrogen and oxygen atoms in total. The number of ketones is 1. The smallest absolute Gasteiger partial charge is 0.332 e. The fourth-order valence-electron chi connectivity index (χ4n) is 3.03. The highest BCUT2D eigenvalue weighted by atomic mass is 32.2. The molecule has 0 amide bonds. The minimum atomic E-state index is -0.715. The second-order valence-corrected chi connectivity index (χ2v) is 7.37. The van der Waals surface area contributed by atoms with Crippen molar-refractivity contribution in [1.82, 2.24) is 23.9 Å². The zero-order valence-electron chi connectivity index (χ0n) is 17.1. The van der Waals surface area contributed by atoms with Crippen LogP contribution in [-0.2, 0) is 20.6 Å². The molecule has 2 aromatic heterocycles. The average molecular weight is 430 g/mol.